The molecule has 0 saturated carbocycles. The van der Waals surface area contributed by atoms with E-state index >= 15 is 0 Å². The summed E-state index contributed by atoms with van der Waals surface area (Å²) < 4.78 is 23.0. The molecule has 17 heavy (non-hydrogen) atoms. The Bertz CT molecular complexity index is 499. The molecule has 0 aliphatic rings. The third-order valence-corrected chi connectivity index (χ3v) is 3.65. The number of hydrogen-bond acceptors (Lipinski definition) is 3. The lowest BCUT2D eigenvalue weighted by Crippen LogP contribution is -2.26. The molecule has 0 saturated heterocycles. The number of nitrogens with one attached hydrogen (secondary N) is 1. The molecule has 0 aliphatic carbocycles. The first-order valence-corrected chi connectivity index (χ1v) is 7.48. The van der Waals surface area contributed by atoms with Crippen molar-refractivity contribution in [2.45, 2.75) is 11.3 Å². The van der Waals surface area contributed by atoms with Gasteiger partial charge in [0, 0.05) is 12.8 Å². The van der Waals surface area contributed by atoms with Crippen LogP contribution in [0.4, 0.5) is 0 Å². The van der Waals surface area contributed by atoms with Crippen molar-refractivity contribution in [3.05, 3.63) is 29.8 Å². The summed E-state index contributed by atoms with van der Waals surface area (Å²) in [6.45, 7) is 0.373. The van der Waals surface area contributed by atoms with Gasteiger partial charge in [0.15, 0.2) is 9.84 Å². The number of sulfone groups is 1. The van der Waals surface area contributed by atoms with Gasteiger partial charge in [0.25, 0.3) is 0 Å². The fourth-order valence-corrected chi connectivity index (χ4v) is 2.52. The van der Waals surface area contributed by atoms with Gasteiger partial charge in [0.2, 0.25) is 5.91 Å². The first-order chi connectivity index (χ1) is 7.95. The van der Waals surface area contributed by atoms with Crippen LogP contribution in [-0.2, 0) is 21.1 Å². The summed E-state index contributed by atoms with van der Waals surface area (Å²) >= 11 is 5.33. The fourth-order valence-electron chi connectivity index (χ4n) is 1.46. The Kier molecular flexibility index (Phi) is 4.96. The molecular formula is C11H14ClNO3S. The van der Waals surface area contributed by atoms with E-state index in [1.54, 1.807) is 24.3 Å². The number of halogens is 1. The Labute approximate surface area is 106 Å². The van der Waals surface area contributed by atoms with Crippen LogP contribution in [0.15, 0.2) is 29.2 Å². The van der Waals surface area contributed by atoms with Gasteiger partial charge in [0.1, 0.15) is 5.88 Å². The quantitative estimate of drug-likeness (QED) is 0.815. The van der Waals surface area contributed by atoms with Crippen molar-refractivity contribution in [3.8, 4) is 0 Å². The Balaban J connectivity index is 2.75. The monoisotopic (exact) mass is 275 g/mol. The highest BCUT2D eigenvalue weighted by molar-refractivity contribution is 7.90. The second kappa shape index (κ2) is 6.02. The van der Waals surface area contributed by atoms with Crippen molar-refractivity contribution < 1.29 is 13.2 Å². The molecule has 6 heteroatoms. The lowest BCUT2D eigenvalue weighted by atomic mass is 10.1. The molecule has 0 heterocycles. The fraction of sp³-hybridized carbons (Fsp3) is 0.364. The molecule has 0 bridgehead atoms. The molecule has 4 nitrogen and oxygen atoms in total. The second-order valence-corrected chi connectivity index (χ2v) is 5.86. The molecule has 0 aromatic heterocycles. The van der Waals surface area contributed by atoms with E-state index < -0.39 is 9.84 Å². The van der Waals surface area contributed by atoms with Gasteiger partial charge in [-0.2, -0.15) is 0 Å². The highest BCUT2D eigenvalue weighted by atomic mass is 35.5. The van der Waals surface area contributed by atoms with E-state index in [1.807, 2.05) is 0 Å². The number of carbonyl (C=O) groups excluding carboxylic acids is 1. The molecule has 0 atom stereocenters. The molecule has 1 aromatic rings. The molecule has 1 aromatic carbocycles. The minimum absolute atomic E-state index is 0.0896. The van der Waals surface area contributed by atoms with Gasteiger partial charge < -0.3 is 5.32 Å². The van der Waals surface area contributed by atoms with Crippen molar-refractivity contribution >= 4 is 27.3 Å². The minimum atomic E-state index is -3.23. The van der Waals surface area contributed by atoms with Crippen molar-refractivity contribution in [2.24, 2.45) is 0 Å². The summed E-state index contributed by atoms with van der Waals surface area (Å²) in [6, 6.07) is 6.75. The zero-order valence-electron chi connectivity index (χ0n) is 9.44. The van der Waals surface area contributed by atoms with Crippen LogP contribution in [0, 0.1) is 0 Å². The van der Waals surface area contributed by atoms with Crippen LogP contribution in [-0.4, -0.2) is 33.0 Å². The van der Waals surface area contributed by atoms with Gasteiger partial charge in [-0.3, -0.25) is 4.79 Å². The minimum Gasteiger partial charge on any atom is -0.355 e. The highest BCUT2D eigenvalue weighted by Gasteiger charge is 2.11. The second-order valence-electron chi connectivity index (χ2n) is 3.61. The molecule has 94 valence electrons. The van der Waals surface area contributed by atoms with Crippen LogP contribution >= 0.6 is 11.6 Å². The largest absolute Gasteiger partial charge is 0.355 e. The average molecular weight is 276 g/mol. The van der Waals surface area contributed by atoms with Gasteiger partial charge in [0.05, 0.1) is 4.90 Å². The molecule has 1 rings (SSSR count). The number of carbonyl (C=O) groups is 1. The number of benzene rings is 1. The molecule has 0 fully saturated rings. The van der Waals surface area contributed by atoms with Crippen LogP contribution in [0.5, 0.6) is 0 Å². The van der Waals surface area contributed by atoms with Gasteiger partial charge in [-0.05, 0) is 18.1 Å². The van der Waals surface area contributed by atoms with Crippen molar-refractivity contribution in [1.82, 2.24) is 5.32 Å². The number of hydrogen-bond donors (Lipinski definition) is 1. The van der Waals surface area contributed by atoms with Crippen molar-refractivity contribution in [3.63, 3.8) is 0 Å². The predicted octanol–water partition coefficient (Wildman–Crippen LogP) is 0.988. The van der Waals surface area contributed by atoms with E-state index in [0.717, 1.165) is 0 Å². The maximum Gasteiger partial charge on any atom is 0.234 e. The standard InChI is InChI=1S/C11H14ClNO3S/c1-17(15,16)10-5-3-2-4-9(10)6-7-13-11(14)8-12/h2-5H,6-8H2,1H3,(H,13,14). The first kappa shape index (κ1) is 14.0. The van der Waals surface area contributed by atoms with E-state index in [1.165, 1.54) is 6.26 Å². The third kappa shape index (κ3) is 4.36. The molecule has 0 radical (unpaired) electrons. The molecular weight excluding hydrogens is 262 g/mol. The van der Waals surface area contributed by atoms with Crippen LogP contribution < -0.4 is 5.32 Å². The molecule has 1 N–H and O–H groups in total. The molecule has 1 amide bonds. The summed E-state index contributed by atoms with van der Waals surface area (Å²) in [5, 5.41) is 2.59. The van der Waals surface area contributed by atoms with E-state index in [2.05, 4.69) is 5.32 Å². The lowest BCUT2D eigenvalue weighted by Gasteiger charge is -2.08. The number of rotatable bonds is 5. The summed E-state index contributed by atoms with van der Waals surface area (Å²) in [7, 11) is -3.23. The van der Waals surface area contributed by atoms with Crippen LogP contribution in [0.1, 0.15) is 5.56 Å². The molecule has 0 unspecified atom stereocenters. The third-order valence-electron chi connectivity index (χ3n) is 2.21. The van der Waals surface area contributed by atoms with Crippen LogP contribution in [0.3, 0.4) is 0 Å². The van der Waals surface area contributed by atoms with Crippen molar-refractivity contribution in [1.29, 1.82) is 0 Å². The van der Waals surface area contributed by atoms with Gasteiger partial charge in [-0.15, -0.1) is 11.6 Å². The van der Waals surface area contributed by atoms with Crippen LogP contribution in [0.2, 0.25) is 0 Å². The topological polar surface area (TPSA) is 63.2 Å². The summed E-state index contributed by atoms with van der Waals surface area (Å²) in [5.41, 5.74) is 0.699. The summed E-state index contributed by atoms with van der Waals surface area (Å²) in [5.74, 6) is -0.350. The zero-order chi connectivity index (χ0) is 12.9. The number of alkyl halides is 1. The first-order valence-electron chi connectivity index (χ1n) is 5.06. The normalized spacial score (nSPS) is 11.2. The van der Waals surface area contributed by atoms with Gasteiger partial charge in [-0.25, -0.2) is 8.42 Å². The maximum atomic E-state index is 11.5. The van der Waals surface area contributed by atoms with Gasteiger partial charge >= 0.3 is 0 Å². The Hall–Kier alpha value is -1.07. The Morgan fingerprint density at radius 1 is 1.35 bits per heavy atom. The smallest absolute Gasteiger partial charge is 0.234 e. The van der Waals surface area contributed by atoms with E-state index in [0.29, 0.717) is 23.4 Å². The Morgan fingerprint density at radius 2 is 2.00 bits per heavy atom. The van der Waals surface area contributed by atoms with Gasteiger partial charge in [-0.1, -0.05) is 18.2 Å². The van der Waals surface area contributed by atoms with Crippen LogP contribution in [0.25, 0.3) is 0 Å². The Morgan fingerprint density at radius 3 is 2.59 bits per heavy atom. The SMILES string of the molecule is CS(=O)(=O)c1ccccc1CCNC(=O)CCl. The average Bonchev–Trinajstić information content (AvgIpc) is 2.28. The van der Waals surface area contributed by atoms with E-state index in [4.69, 9.17) is 11.6 Å². The van der Waals surface area contributed by atoms with E-state index in [9.17, 15) is 13.2 Å². The summed E-state index contributed by atoms with van der Waals surface area (Å²) in [6.07, 6.45) is 1.63. The summed E-state index contributed by atoms with van der Waals surface area (Å²) in [4.78, 5) is 11.2. The van der Waals surface area contributed by atoms with Crippen molar-refractivity contribution in [2.75, 3.05) is 18.7 Å². The lowest BCUT2D eigenvalue weighted by molar-refractivity contribution is -0.118. The highest BCUT2D eigenvalue weighted by Crippen LogP contribution is 2.15. The zero-order valence-corrected chi connectivity index (χ0v) is 11.0. The van der Waals surface area contributed by atoms with E-state index in [-0.39, 0.29) is 11.8 Å². The molecule has 0 spiro atoms. The number of amides is 1. The molecule has 0 aliphatic heterocycles. The maximum absolute atomic E-state index is 11.5. The predicted molar refractivity (Wildman–Crippen MR) is 67.0 cm³/mol.